The van der Waals surface area contributed by atoms with Gasteiger partial charge < -0.3 is 9.15 Å². The molecule has 0 spiro atoms. The third-order valence-electron chi connectivity index (χ3n) is 4.50. The molecule has 0 saturated heterocycles. The molecular weight excluding hydrogens is 478 g/mol. The highest BCUT2D eigenvalue weighted by molar-refractivity contribution is 9.10. The van der Waals surface area contributed by atoms with E-state index in [1.807, 2.05) is 42.5 Å². The van der Waals surface area contributed by atoms with Crippen LogP contribution in [0.3, 0.4) is 0 Å². The lowest BCUT2D eigenvalue weighted by Crippen LogP contribution is -2.16. The number of hydrogen-bond donors (Lipinski definition) is 1. The third-order valence-corrected chi connectivity index (χ3v) is 4.99. The van der Waals surface area contributed by atoms with Gasteiger partial charge in [0.25, 0.3) is 0 Å². The minimum absolute atomic E-state index is 0.103. The molecule has 0 unspecified atom stereocenters. The van der Waals surface area contributed by atoms with E-state index in [0.29, 0.717) is 11.1 Å². The lowest BCUT2D eigenvalue weighted by molar-refractivity contribution is -0.385. The van der Waals surface area contributed by atoms with Gasteiger partial charge in [0, 0.05) is 21.5 Å². The maximum Gasteiger partial charge on any atom is 0.311 e. The van der Waals surface area contributed by atoms with Gasteiger partial charge in [-0.3, -0.25) is 14.9 Å². The highest BCUT2D eigenvalue weighted by atomic mass is 79.9. The molecule has 8 nitrogen and oxygen atoms in total. The summed E-state index contributed by atoms with van der Waals surface area (Å²) in [5.41, 5.74) is 4.06. The first-order valence-electron chi connectivity index (χ1n) is 9.47. The van der Waals surface area contributed by atoms with Crippen molar-refractivity contribution in [3.63, 3.8) is 0 Å². The van der Waals surface area contributed by atoms with E-state index >= 15 is 0 Å². The van der Waals surface area contributed by atoms with Crippen LogP contribution in [0.25, 0.3) is 11.0 Å². The predicted octanol–water partition coefficient (Wildman–Crippen LogP) is 5.45. The van der Waals surface area contributed by atoms with Crippen LogP contribution in [-0.2, 0) is 6.61 Å². The SMILES string of the molecule is O=C(N/N=C/c1ccc(OCc2ccccc2)c([N+](=O)[O-])c1)c1cc2cc(Br)ccc2o1. The fraction of sp³-hybridized carbons (Fsp3) is 0.0435. The largest absolute Gasteiger partial charge is 0.482 e. The number of nitrogens with one attached hydrogen (secondary N) is 1. The number of hydrogen-bond acceptors (Lipinski definition) is 6. The van der Waals surface area contributed by atoms with Gasteiger partial charge in [-0.25, -0.2) is 5.43 Å². The number of fused-ring (bicyclic) bond motifs is 1. The summed E-state index contributed by atoms with van der Waals surface area (Å²) in [6.07, 6.45) is 1.31. The van der Waals surface area contributed by atoms with Crippen LogP contribution in [0.15, 0.2) is 86.8 Å². The molecule has 4 rings (SSSR count). The number of ether oxygens (including phenoxy) is 1. The van der Waals surface area contributed by atoms with E-state index in [0.717, 1.165) is 15.4 Å². The smallest absolute Gasteiger partial charge is 0.311 e. The zero-order valence-corrected chi connectivity index (χ0v) is 18.1. The number of carbonyl (C=O) groups is 1. The molecule has 0 aliphatic rings. The van der Waals surface area contributed by atoms with E-state index in [1.54, 1.807) is 18.2 Å². The number of furan rings is 1. The first-order chi connectivity index (χ1) is 15.5. The monoisotopic (exact) mass is 493 g/mol. The summed E-state index contributed by atoms with van der Waals surface area (Å²) >= 11 is 3.37. The summed E-state index contributed by atoms with van der Waals surface area (Å²) in [7, 11) is 0. The molecule has 0 bridgehead atoms. The zero-order chi connectivity index (χ0) is 22.5. The van der Waals surface area contributed by atoms with Crippen LogP contribution in [0, 0.1) is 10.1 Å². The molecule has 32 heavy (non-hydrogen) atoms. The summed E-state index contributed by atoms with van der Waals surface area (Å²) in [6, 6.07) is 20.8. The van der Waals surface area contributed by atoms with E-state index in [4.69, 9.17) is 9.15 Å². The molecule has 3 aromatic carbocycles. The van der Waals surface area contributed by atoms with E-state index in [-0.39, 0.29) is 23.8 Å². The number of halogens is 1. The Balaban J connectivity index is 1.44. The molecule has 0 fully saturated rings. The third kappa shape index (κ3) is 5.01. The van der Waals surface area contributed by atoms with Crippen molar-refractivity contribution < 1.29 is 18.9 Å². The minimum Gasteiger partial charge on any atom is -0.482 e. The van der Waals surface area contributed by atoms with Crippen LogP contribution in [0.2, 0.25) is 0 Å². The van der Waals surface area contributed by atoms with E-state index < -0.39 is 10.8 Å². The van der Waals surface area contributed by atoms with Crippen LogP contribution in [0.1, 0.15) is 21.7 Å². The second-order valence-corrected chi connectivity index (χ2v) is 7.67. The summed E-state index contributed by atoms with van der Waals surface area (Å²) in [5, 5.41) is 16.1. The number of nitrogens with zero attached hydrogens (tertiary/aromatic N) is 2. The molecule has 0 radical (unpaired) electrons. The van der Waals surface area contributed by atoms with Crippen molar-refractivity contribution in [1.29, 1.82) is 0 Å². The quantitative estimate of drug-likeness (QED) is 0.209. The summed E-state index contributed by atoms with van der Waals surface area (Å²) in [6.45, 7) is 0.208. The fourth-order valence-electron chi connectivity index (χ4n) is 2.96. The molecule has 1 N–H and O–H groups in total. The molecule has 160 valence electrons. The van der Waals surface area contributed by atoms with E-state index in [2.05, 4.69) is 26.5 Å². The average Bonchev–Trinajstić information content (AvgIpc) is 3.22. The molecule has 1 aromatic heterocycles. The Hall–Kier alpha value is -3.98. The van der Waals surface area contributed by atoms with Gasteiger partial charge in [0.2, 0.25) is 0 Å². The van der Waals surface area contributed by atoms with Crippen LogP contribution >= 0.6 is 15.9 Å². The fourth-order valence-corrected chi connectivity index (χ4v) is 3.34. The second-order valence-electron chi connectivity index (χ2n) is 6.75. The number of nitro benzene ring substituents is 1. The summed E-state index contributed by atoms with van der Waals surface area (Å²) < 4.78 is 12.0. The van der Waals surface area contributed by atoms with Gasteiger partial charge in [0.15, 0.2) is 11.5 Å². The van der Waals surface area contributed by atoms with Gasteiger partial charge in [-0.15, -0.1) is 0 Å². The normalized spacial score (nSPS) is 11.0. The van der Waals surface area contributed by atoms with Gasteiger partial charge >= 0.3 is 11.6 Å². The van der Waals surface area contributed by atoms with Gasteiger partial charge in [-0.05, 0) is 42.0 Å². The van der Waals surface area contributed by atoms with E-state index in [1.165, 1.54) is 18.3 Å². The van der Waals surface area contributed by atoms with E-state index in [9.17, 15) is 14.9 Å². The van der Waals surface area contributed by atoms with Crippen molar-refractivity contribution in [2.24, 2.45) is 5.10 Å². The standard InChI is InChI=1S/C23H16BrN3O5/c24-18-7-9-20-17(11-18)12-22(32-20)23(28)26-25-13-16-6-8-21(19(10-16)27(29)30)31-14-15-4-2-1-3-5-15/h1-13H,14H2,(H,26,28)/b25-13+. The molecule has 0 saturated carbocycles. The number of hydrazone groups is 1. The van der Waals surface area contributed by atoms with Crippen LogP contribution in [0.4, 0.5) is 5.69 Å². The number of benzene rings is 3. The topological polar surface area (TPSA) is 107 Å². The Morgan fingerprint density at radius 2 is 1.94 bits per heavy atom. The predicted molar refractivity (Wildman–Crippen MR) is 123 cm³/mol. The molecule has 1 heterocycles. The van der Waals surface area contributed by atoms with Crippen molar-refractivity contribution >= 4 is 44.7 Å². The van der Waals surface area contributed by atoms with Gasteiger partial charge in [-0.1, -0.05) is 46.3 Å². The molecule has 4 aromatic rings. The van der Waals surface area contributed by atoms with Crippen LogP contribution < -0.4 is 10.2 Å². The van der Waals surface area contributed by atoms with Crippen molar-refractivity contribution in [1.82, 2.24) is 5.43 Å². The van der Waals surface area contributed by atoms with Crippen molar-refractivity contribution in [3.8, 4) is 5.75 Å². The average molecular weight is 494 g/mol. The Morgan fingerprint density at radius 3 is 2.72 bits per heavy atom. The summed E-state index contributed by atoms with van der Waals surface area (Å²) in [5.74, 6) is -0.287. The van der Waals surface area contributed by atoms with Gasteiger partial charge in [0.05, 0.1) is 11.1 Å². The highest BCUT2D eigenvalue weighted by Crippen LogP contribution is 2.28. The minimum atomic E-state index is -0.536. The Bertz CT molecular complexity index is 1320. The molecule has 1 amide bonds. The Kier molecular flexibility index (Phi) is 6.27. The second kappa shape index (κ2) is 9.44. The maximum atomic E-state index is 12.3. The molecule has 0 aliphatic carbocycles. The Morgan fingerprint density at radius 1 is 1.12 bits per heavy atom. The highest BCUT2D eigenvalue weighted by Gasteiger charge is 2.16. The molecule has 9 heteroatoms. The zero-order valence-electron chi connectivity index (χ0n) is 16.5. The first-order valence-corrected chi connectivity index (χ1v) is 10.3. The van der Waals surface area contributed by atoms with Crippen molar-refractivity contribution in [3.05, 3.63) is 104 Å². The molecular formula is C23H16BrN3O5. The molecule has 0 atom stereocenters. The van der Waals surface area contributed by atoms with Gasteiger partial charge in [0.1, 0.15) is 12.2 Å². The number of amides is 1. The van der Waals surface area contributed by atoms with Crippen LogP contribution in [0.5, 0.6) is 5.75 Å². The lowest BCUT2D eigenvalue weighted by atomic mass is 10.2. The summed E-state index contributed by atoms with van der Waals surface area (Å²) in [4.78, 5) is 23.2. The number of nitro groups is 1. The number of carbonyl (C=O) groups excluding carboxylic acids is 1. The van der Waals surface area contributed by atoms with Crippen molar-refractivity contribution in [2.75, 3.05) is 0 Å². The van der Waals surface area contributed by atoms with Crippen molar-refractivity contribution in [2.45, 2.75) is 6.61 Å². The number of rotatable bonds is 7. The first kappa shape index (κ1) is 21.3. The van der Waals surface area contributed by atoms with Gasteiger partial charge in [-0.2, -0.15) is 5.10 Å². The lowest BCUT2D eigenvalue weighted by Gasteiger charge is -2.07. The van der Waals surface area contributed by atoms with Crippen LogP contribution in [-0.4, -0.2) is 17.0 Å². The maximum absolute atomic E-state index is 12.3. The molecule has 0 aliphatic heterocycles. The Labute approximate surface area is 190 Å².